The Labute approximate surface area is 162 Å². The van der Waals surface area contributed by atoms with Gasteiger partial charge in [0.2, 0.25) is 0 Å². The standard InChI is InChI=1S/C17H13N3O3S3/c21-15(12-6-2-1-3-7-12)11-25-17-19-18-16(26-17)24-10-13-8-4-5-9-14(13)20(22)23/h1-9H,10-11H2. The second-order valence-electron chi connectivity index (χ2n) is 5.09. The number of rotatable bonds is 8. The first-order valence-corrected chi connectivity index (χ1v) is 10.3. The molecule has 132 valence electrons. The van der Waals surface area contributed by atoms with E-state index < -0.39 is 0 Å². The van der Waals surface area contributed by atoms with Crippen molar-refractivity contribution < 1.29 is 9.72 Å². The Bertz CT molecular complexity index is 916. The Kier molecular flexibility index (Phi) is 6.37. The summed E-state index contributed by atoms with van der Waals surface area (Å²) < 4.78 is 1.43. The van der Waals surface area contributed by atoms with Gasteiger partial charge in [-0.2, -0.15) is 0 Å². The number of nitrogens with zero attached hydrogens (tertiary/aromatic N) is 3. The van der Waals surface area contributed by atoms with Crippen LogP contribution < -0.4 is 0 Å². The van der Waals surface area contributed by atoms with Gasteiger partial charge in [0.25, 0.3) is 5.69 Å². The van der Waals surface area contributed by atoms with Gasteiger partial charge >= 0.3 is 0 Å². The van der Waals surface area contributed by atoms with E-state index in [2.05, 4.69) is 10.2 Å². The van der Waals surface area contributed by atoms with Crippen molar-refractivity contribution in [3.8, 4) is 0 Å². The Morgan fingerprint density at radius 1 is 1.00 bits per heavy atom. The number of ketones is 1. The summed E-state index contributed by atoms with van der Waals surface area (Å²) in [5.41, 5.74) is 1.43. The fourth-order valence-electron chi connectivity index (χ4n) is 2.10. The van der Waals surface area contributed by atoms with Crippen molar-refractivity contribution in [1.82, 2.24) is 10.2 Å². The summed E-state index contributed by atoms with van der Waals surface area (Å²) in [6, 6.07) is 15.8. The average Bonchev–Trinajstić information content (AvgIpc) is 3.13. The molecule has 6 nitrogen and oxygen atoms in total. The molecule has 0 aliphatic carbocycles. The van der Waals surface area contributed by atoms with Crippen LogP contribution in [-0.4, -0.2) is 26.7 Å². The zero-order valence-corrected chi connectivity index (χ0v) is 15.9. The molecule has 3 rings (SSSR count). The van der Waals surface area contributed by atoms with Gasteiger partial charge in [0, 0.05) is 22.9 Å². The third-order valence-corrected chi connectivity index (χ3v) is 6.59. The number of thioether (sulfide) groups is 2. The maximum Gasteiger partial charge on any atom is 0.273 e. The van der Waals surface area contributed by atoms with E-state index in [9.17, 15) is 14.9 Å². The predicted molar refractivity (Wildman–Crippen MR) is 104 cm³/mol. The summed E-state index contributed by atoms with van der Waals surface area (Å²) in [4.78, 5) is 22.8. The molecule has 1 aromatic heterocycles. The first kappa shape index (κ1) is 18.6. The van der Waals surface area contributed by atoms with Crippen LogP contribution in [-0.2, 0) is 5.75 Å². The van der Waals surface area contributed by atoms with Crippen LogP contribution in [0.4, 0.5) is 5.69 Å². The van der Waals surface area contributed by atoms with E-state index in [-0.39, 0.29) is 16.4 Å². The number of Topliss-reactive ketones (excluding diaryl/α,β-unsaturated/α-hetero) is 1. The van der Waals surface area contributed by atoms with Gasteiger partial charge in [0.05, 0.1) is 10.7 Å². The molecule has 0 atom stereocenters. The molecule has 0 saturated carbocycles. The van der Waals surface area contributed by atoms with Crippen molar-refractivity contribution in [3.63, 3.8) is 0 Å². The minimum absolute atomic E-state index is 0.0416. The van der Waals surface area contributed by atoms with Crippen LogP contribution in [0.15, 0.2) is 63.3 Å². The molecule has 0 aliphatic rings. The van der Waals surface area contributed by atoms with Crippen molar-refractivity contribution in [1.29, 1.82) is 0 Å². The summed E-state index contributed by atoms with van der Waals surface area (Å²) in [5.74, 6) is 0.785. The number of carbonyl (C=O) groups excluding carboxylic acids is 1. The number of benzene rings is 2. The summed E-state index contributed by atoms with van der Waals surface area (Å²) in [5, 5.41) is 19.2. The zero-order chi connectivity index (χ0) is 18.4. The second-order valence-corrected chi connectivity index (χ2v) is 8.51. The Morgan fingerprint density at radius 3 is 2.38 bits per heavy atom. The highest BCUT2D eigenvalue weighted by atomic mass is 32.2. The molecule has 0 radical (unpaired) electrons. The predicted octanol–water partition coefficient (Wildman–Crippen LogP) is 4.71. The molecule has 0 saturated heterocycles. The lowest BCUT2D eigenvalue weighted by molar-refractivity contribution is -0.385. The molecule has 0 N–H and O–H groups in total. The minimum atomic E-state index is -0.382. The lowest BCUT2D eigenvalue weighted by atomic mass is 10.2. The van der Waals surface area contributed by atoms with Gasteiger partial charge < -0.3 is 0 Å². The molecule has 0 aliphatic heterocycles. The second kappa shape index (κ2) is 8.93. The Hall–Kier alpha value is -2.23. The van der Waals surface area contributed by atoms with Gasteiger partial charge in [-0.1, -0.05) is 83.4 Å². The number of para-hydroxylation sites is 1. The summed E-state index contributed by atoms with van der Waals surface area (Å²) in [6.07, 6.45) is 0. The van der Waals surface area contributed by atoms with E-state index >= 15 is 0 Å². The SMILES string of the molecule is O=C(CSc1nnc(SCc2ccccc2[N+](=O)[O-])s1)c1ccccc1. The van der Waals surface area contributed by atoms with Crippen LogP contribution in [0.1, 0.15) is 15.9 Å². The van der Waals surface area contributed by atoms with Gasteiger partial charge in [0.1, 0.15) is 0 Å². The van der Waals surface area contributed by atoms with Crippen molar-refractivity contribution >= 4 is 46.3 Å². The minimum Gasteiger partial charge on any atom is -0.293 e. The number of aromatic nitrogens is 2. The topological polar surface area (TPSA) is 86.0 Å². The van der Waals surface area contributed by atoms with Crippen LogP contribution in [0, 0.1) is 10.1 Å². The summed E-state index contributed by atoms with van der Waals surface area (Å²) in [7, 11) is 0. The third kappa shape index (κ3) is 4.90. The molecule has 2 aromatic carbocycles. The largest absolute Gasteiger partial charge is 0.293 e. The van der Waals surface area contributed by atoms with Crippen molar-refractivity contribution in [2.75, 3.05) is 5.75 Å². The smallest absolute Gasteiger partial charge is 0.273 e. The highest BCUT2D eigenvalue weighted by molar-refractivity contribution is 8.03. The maximum atomic E-state index is 12.1. The van der Waals surface area contributed by atoms with E-state index in [1.165, 1.54) is 40.9 Å². The lowest BCUT2D eigenvalue weighted by Gasteiger charge is -2.00. The molecule has 3 aromatic rings. The molecular formula is C17H13N3O3S3. The van der Waals surface area contributed by atoms with E-state index in [0.29, 0.717) is 27.0 Å². The quantitative estimate of drug-likeness (QED) is 0.233. The summed E-state index contributed by atoms with van der Waals surface area (Å²) >= 11 is 4.13. The molecular weight excluding hydrogens is 390 g/mol. The van der Waals surface area contributed by atoms with Crippen LogP contribution in [0.3, 0.4) is 0 Å². The van der Waals surface area contributed by atoms with E-state index in [4.69, 9.17) is 0 Å². The number of hydrogen-bond acceptors (Lipinski definition) is 8. The van der Waals surface area contributed by atoms with E-state index in [0.717, 1.165) is 4.34 Å². The molecule has 1 heterocycles. The Morgan fingerprint density at radius 2 is 1.65 bits per heavy atom. The fraction of sp³-hybridized carbons (Fsp3) is 0.118. The van der Waals surface area contributed by atoms with Crippen molar-refractivity contribution in [2.24, 2.45) is 0 Å². The first-order valence-electron chi connectivity index (χ1n) is 7.53. The third-order valence-electron chi connectivity index (χ3n) is 3.35. The van der Waals surface area contributed by atoms with Gasteiger partial charge in [-0.25, -0.2) is 0 Å². The van der Waals surface area contributed by atoms with Crippen LogP contribution >= 0.6 is 34.9 Å². The van der Waals surface area contributed by atoms with Gasteiger partial charge in [0.15, 0.2) is 14.5 Å². The highest BCUT2D eigenvalue weighted by Gasteiger charge is 2.14. The van der Waals surface area contributed by atoms with E-state index in [1.54, 1.807) is 30.3 Å². The number of hydrogen-bond donors (Lipinski definition) is 0. The molecule has 0 bridgehead atoms. The zero-order valence-electron chi connectivity index (χ0n) is 13.4. The van der Waals surface area contributed by atoms with E-state index in [1.807, 2.05) is 18.2 Å². The number of nitro benzene ring substituents is 1. The van der Waals surface area contributed by atoms with Gasteiger partial charge in [-0.15, -0.1) is 10.2 Å². The molecule has 0 spiro atoms. The number of carbonyl (C=O) groups is 1. The molecule has 0 amide bonds. The van der Waals surface area contributed by atoms with Crippen molar-refractivity contribution in [2.45, 2.75) is 14.4 Å². The monoisotopic (exact) mass is 403 g/mol. The highest BCUT2D eigenvalue weighted by Crippen LogP contribution is 2.32. The maximum absolute atomic E-state index is 12.1. The van der Waals surface area contributed by atoms with Crippen molar-refractivity contribution in [3.05, 3.63) is 75.8 Å². The van der Waals surface area contributed by atoms with Crippen LogP contribution in [0.5, 0.6) is 0 Å². The average molecular weight is 404 g/mol. The Balaban J connectivity index is 1.55. The molecule has 0 fully saturated rings. The lowest BCUT2D eigenvalue weighted by Crippen LogP contribution is -2.01. The van der Waals surface area contributed by atoms with Gasteiger partial charge in [-0.05, 0) is 0 Å². The van der Waals surface area contributed by atoms with Crippen LogP contribution in [0.25, 0.3) is 0 Å². The fourth-order valence-corrected chi connectivity index (χ4v) is 5.01. The van der Waals surface area contributed by atoms with Crippen LogP contribution in [0.2, 0.25) is 0 Å². The number of nitro groups is 1. The molecule has 26 heavy (non-hydrogen) atoms. The van der Waals surface area contributed by atoms with Gasteiger partial charge in [-0.3, -0.25) is 14.9 Å². The summed E-state index contributed by atoms with van der Waals surface area (Å²) in [6.45, 7) is 0. The molecule has 0 unspecified atom stereocenters. The normalized spacial score (nSPS) is 10.6. The molecule has 9 heteroatoms. The first-order chi connectivity index (χ1) is 12.6.